The van der Waals surface area contributed by atoms with E-state index in [2.05, 4.69) is 20.1 Å². The van der Waals surface area contributed by atoms with Crippen LogP contribution in [-0.4, -0.2) is 70.4 Å². The zero-order valence-corrected chi connectivity index (χ0v) is 20.5. The minimum absolute atomic E-state index is 0.143. The third-order valence-corrected chi connectivity index (χ3v) is 7.04. The molecule has 2 aliphatic heterocycles. The molecule has 2 fully saturated rings. The Hall–Kier alpha value is -2.98. The van der Waals surface area contributed by atoms with E-state index in [1.807, 2.05) is 30.3 Å². The molecule has 3 aromatic rings. The monoisotopic (exact) mass is 512 g/mol. The Bertz CT molecular complexity index is 1220. The number of aromatic carboxylic acids is 1. The van der Waals surface area contributed by atoms with Crippen molar-refractivity contribution in [3.05, 3.63) is 76.8 Å². The van der Waals surface area contributed by atoms with Crippen LogP contribution in [0.25, 0.3) is 11.3 Å². The molecule has 35 heavy (non-hydrogen) atoms. The average molecular weight is 513 g/mol. The second-order valence-corrected chi connectivity index (χ2v) is 9.27. The number of nitrogens with zero attached hydrogens (tertiary/aromatic N) is 3. The number of carboxylic acids is 1. The van der Waals surface area contributed by atoms with Gasteiger partial charge in [-0.25, -0.2) is 4.79 Å². The lowest BCUT2D eigenvalue weighted by Gasteiger charge is -2.31. The largest absolute Gasteiger partial charge is 0.478 e. The Labute approximate surface area is 213 Å². The highest BCUT2D eigenvalue weighted by molar-refractivity contribution is 7.80. The molecule has 0 amide bonds. The summed E-state index contributed by atoms with van der Waals surface area (Å²) >= 11 is 12.1. The smallest absolute Gasteiger partial charge is 0.335 e. The molecule has 0 radical (unpaired) electrons. The minimum atomic E-state index is -1.02. The SMILES string of the molecule is O=C(O)c1ccc(Cl)c(-c2ccc([C@@H]3[C@H](c4ccccn4)NC(=S)N3CCN3CCOCC3)o2)c1. The predicted molar refractivity (Wildman–Crippen MR) is 136 cm³/mol. The second-order valence-electron chi connectivity index (χ2n) is 8.48. The van der Waals surface area contributed by atoms with Gasteiger partial charge in [0.15, 0.2) is 5.11 Å². The van der Waals surface area contributed by atoms with Gasteiger partial charge in [0.25, 0.3) is 0 Å². The standard InChI is InChI=1S/C25H25ClN4O4S/c26-18-5-4-16(24(31)32)15-17(18)20-6-7-21(34-20)23-22(19-3-1-2-8-27-19)28-25(35)30(23)10-9-29-11-13-33-14-12-29/h1-8,15,22-23H,9-14H2,(H,28,35)(H,31,32)/t22-,23+/m0/s1. The van der Waals surface area contributed by atoms with E-state index in [4.69, 9.17) is 33.0 Å². The van der Waals surface area contributed by atoms with Crippen molar-refractivity contribution in [3.8, 4) is 11.3 Å². The van der Waals surface area contributed by atoms with Gasteiger partial charge in [0.1, 0.15) is 17.6 Å². The third-order valence-electron chi connectivity index (χ3n) is 6.36. The highest BCUT2D eigenvalue weighted by Gasteiger charge is 2.41. The Balaban J connectivity index is 1.47. The molecule has 2 atom stereocenters. The number of benzene rings is 1. The summed E-state index contributed by atoms with van der Waals surface area (Å²) in [6, 6.07) is 13.7. The van der Waals surface area contributed by atoms with Gasteiger partial charge in [0, 0.05) is 37.9 Å². The topological polar surface area (TPSA) is 91.1 Å². The van der Waals surface area contributed by atoms with E-state index >= 15 is 0 Å². The summed E-state index contributed by atoms with van der Waals surface area (Å²) < 4.78 is 11.8. The quantitative estimate of drug-likeness (QED) is 0.456. The number of hydrogen-bond donors (Lipinski definition) is 2. The second kappa shape index (κ2) is 10.3. The summed E-state index contributed by atoms with van der Waals surface area (Å²) in [5.74, 6) is 0.171. The lowest BCUT2D eigenvalue weighted by atomic mass is 10.0. The summed E-state index contributed by atoms with van der Waals surface area (Å²) in [4.78, 5) is 20.5. The van der Waals surface area contributed by atoms with Crippen molar-refractivity contribution in [2.45, 2.75) is 12.1 Å². The van der Waals surface area contributed by atoms with Crippen molar-refractivity contribution in [1.29, 1.82) is 0 Å². The molecular formula is C25H25ClN4O4S. The van der Waals surface area contributed by atoms with E-state index < -0.39 is 5.97 Å². The zero-order chi connectivity index (χ0) is 24.4. The molecule has 8 nitrogen and oxygen atoms in total. The summed E-state index contributed by atoms with van der Waals surface area (Å²) in [5, 5.41) is 13.9. The molecule has 10 heteroatoms. The fourth-order valence-electron chi connectivity index (χ4n) is 4.53. The van der Waals surface area contributed by atoms with Crippen LogP contribution in [0.15, 0.2) is 59.1 Å². The van der Waals surface area contributed by atoms with E-state index in [9.17, 15) is 9.90 Å². The summed E-state index contributed by atoms with van der Waals surface area (Å²) in [6.07, 6.45) is 1.76. The fourth-order valence-corrected chi connectivity index (χ4v) is 5.08. The molecule has 2 saturated heterocycles. The molecule has 2 aliphatic rings. The average Bonchev–Trinajstić information content (AvgIpc) is 3.48. The molecule has 1 aromatic carbocycles. The number of aromatic nitrogens is 1. The molecular weight excluding hydrogens is 488 g/mol. The summed E-state index contributed by atoms with van der Waals surface area (Å²) in [6.45, 7) is 4.82. The summed E-state index contributed by atoms with van der Waals surface area (Å²) in [7, 11) is 0. The van der Waals surface area contributed by atoms with Crippen molar-refractivity contribution < 1.29 is 19.1 Å². The Morgan fingerprint density at radius 3 is 2.74 bits per heavy atom. The van der Waals surface area contributed by atoms with E-state index in [1.165, 1.54) is 12.1 Å². The number of thiocarbonyl (C=S) groups is 1. The van der Waals surface area contributed by atoms with E-state index in [0.717, 1.165) is 38.5 Å². The molecule has 0 spiro atoms. The molecule has 4 heterocycles. The number of carbonyl (C=O) groups is 1. The van der Waals surface area contributed by atoms with Crippen molar-refractivity contribution in [2.75, 3.05) is 39.4 Å². The van der Waals surface area contributed by atoms with Crippen molar-refractivity contribution in [1.82, 2.24) is 20.1 Å². The first kappa shape index (κ1) is 23.7. The highest BCUT2D eigenvalue weighted by atomic mass is 35.5. The van der Waals surface area contributed by atoms with Gasteiger partial charge in [0.05, 0.1) is 35.5 Å². The number of ether oxygens (including phenoxy) is 1. The predicted octanol–water partition coefficient (Wildman–Crippen LogP) is 4.00. The van der Waals surface area contributed by atoms with Gasteiger partial charge in [-0.1, -0.05) is 17.7 Å². The maximum Gasteiger partial charge on any atom is 0.335 e. The molecule has 0 aliphatic carbocycles. The summed E-state index contributed by atoms with van der Waals surface area (Å²) in [5.41, 5.74) is 1.53. The van der Waals surface area contributed by atoms with Gasteiger partial charge in [0.2, 0.25) is 0 Å². The number of hydrogen-bond acceptors (Lipinski definition) is 6. The zero-order valence-electron chi connectivity index (χ0n) is 18.9. The maximum absolute atomic E-state index is 11.5. The number of pyridine rings is 1. The van der Waals surface area contributed by atoms with Crippen LogP contribution >= 0.6 is 23.8 Å². The molecule has 2 N–H and O–H groups in total. The van der Waals surface area contributed by atoms with Gasteiger partial charge in [-0.2, -0.15) is 0 Å². The van der Waals surface area contributed by atoms with E-state index in [1.54, 1.807) is 12.3 Å². The number of nitrogens with one attached hydrogen (secondary N) is 1. The fraction of sp³-hybridized carbons (Fsp3) is 0.320. The van der Waals surface area contributed by atoms with Crippen LogP contribution in [0.2, 0.25) is 5.02 Å². The Morgan fingerprint density at radius 2 is 2.00 bits per heavy atom. The van der Waals surface area contributed by atoms with Gasteiger partial charge in [-0.15, -0.1) is 0 Å². The first-order valence-electron chi connectivity index (χ1n) is 11.4. The number of halogens is 1. The van der Waals surface area contributed by atoms with Gasteiger partial charge in [-0.05, 0) is 54.7 Å². The van der Waals surface area contributed by atoms with Crippen LogP contribution in [0.4, 0.5) is 0 Å². The molecule has 0 saturated carbocycles. The third kappa shape index (κ3) is 5.04. The number of rotatable bonds is 7. The van der Waals surface area contributed by atoms with Crippen molar-refractivity contribution in [2.24, 2.45) is 0 Å². The molecule has 0 bridgehead atoms. The van der Waals surface area contributed by atoms with Gasteiger partial charge < -0.3 is 24.5 Å². The molecule has 182 valence electrons. The van der Waals surface area contributed by atoms with Crippen molar-refractivity contribution in [3.63, 3.8) is 0 Å². The lowest BCUT2D eigenvalue weighted by molar-refractivity contribution is 0.0347. The minimum Gasteiger partial charge on any atom is -0.478 e. The highest BCUT2D eigenvalue weighted by Crippen LogP contribution is 2.41. The van der Waals surface area contributed by atoms with E-state index in [-0.39, 0.29) is 17.6 Å². The Kier molecular flexibility index (Phi) is 7.01. The van der Waals surface area contributed by atoms with Gasteiger partial charge >= 0.3 is 5.97 Å². The number of furan rings is 1. The van der Waals surface area contributed by atoms with Crippen LogP contribution < -0.4 is 5.32 Å². The van der Waals surface area contributed by atoms with Crippen molar-refractivity contribution >= 4 is 34.9 Å². The van der Waals surface area contributed by atoms with Crippen LogP contribution in [0, 0.1) is 0 Å². The normalized spacial score (nSPS) is 20.7. The molecule has 0 unspecified atom stereocenters. The number of carboxylic acid groups (broad SMARTS) is 1. The lowest BCUT2D eigenvalue weighted by Crippen LogP contribution is -2.42. The van der Waals surface area contributed by atoms with Crippen LogP contribution in [0.5, 0.6) is 0 Å². The van der Waals surface area contributed by atoms with Crippen LogP contribution in [-0.2, 0) is 4.74 Å². The Morgan fingerprint density at radius 1 is 1.17 bits per heavy atom. The number of morpholine rings is 1. The molecule has 5 rings (SSSR count). The first-order valence-corrected chi connectivity index (χ1v) is 12.2. The first-order chi connectivity index (χ1) is 17.0. The molecule has 2 aromatic heterocycles. The maximum atomic E-state index is 11.5. The van der Waals surface area contributed by atoms with E-state index in [0.29, 0.717) is 33.8 Å². The van der Waals surface area contributed by atoms with Gasteiger partial charge in [-0.3, -0.25) is 9.88 Å². The van der Waals surface area contributed by atoms with Crippen LogP contribution in [0.3, 0.4) is 0 Å². The van der Waals surface area contributed by atoms with Crippen LogP contribution in [0.1, 0.15) is 33.9 Å².